The van der Waals surface area contributed by atoms with Gasteiger partial charge in [-0.05, 0) is 12.5 Å². The lowest BCUT2D eigenvalue weighted by Crippen LogP contribution is -2.12. The van der Waals surface area contributed by atoms with Gasteiger partial charge in [-0.3, -0.25) is 9.25 Å². The van der Waals surface area contributed by atoms with Gasteiger partial charge in [0.25, 0.3) is 14.2 Å². The fraction of sp³-hybridized carbons (Fsp3) is 0.545. The van der Waals surface area contributed by atoms with E-state index in [1.807, 2.05) is 13.0 Å². The first-order chi connectivity index (χ1) is 9.88. The lowest BCUT2D eigenvalue weighted by molar-refractivity contribution is 0.185. The zero-order valence-electron chi connectivity index (χ0n) is 11.9. The molecule has 0 aliphatic carbocycles. The van der Waals surface area contributed by atoms with Crippen molar-refractivity contribution in [3.8, 4) is 11.5 Å². The fourth-order valence-corrected chi connectivity index (χ4v) is 2.87. The molecule has 0 fully saturated rings. The van der Waals surface area contributed by atoms with Crippen molar-refractivity contribution in [3.05, 3.63) is 11.8 Å². The number of methoxy groups -OCH3 is 1. The Morgan fingerprint density at radius 2 is 2.10 bits per heavy atom. The van der Waals surface area contributed by atoms with Crippen LogP contribution < -0.4 is 0 Å². The molecule has 116 valence electrons. The van der Waals surface area contributed by atoms with Crippen LogP contribution in [0.15, 0.2) is 11.2 Å². The summed E-state index contributed by atoms with van der Waals surface area (Å²) in [5, 5.41) is 11.7. The Morgan fingerprint density at radius 3 is 2.62 bits per heavy atom. The third kappa shape index (κ3) is 3.25. The number of aromatic nitrogens is 5. The molecule has 0 spiro atoms. The fourth-order valence-electron chi connectivity index (χ4n) is 1.95. The molecule has 0 saturated carbocycles. The van der Waals surface area contributed by atoms with Crippen LogP contribution in [0.3, 0.4) is 0 Å². The number of hydrogen-bond donors (Lipinski definition) is 0. The summed E-state index contributed by atoms with van der Waals surface area (Å²) in [6.07, 6.45) is 0.765. The van der Waals surface area contributed by atoms with Crippen molar-refractivity contribution in [2.24, 2.45) is 7.05 Å². The van der Waals surface area contributed by atoms with Gasteiger partial charge in [-0.25, -0.2) is 8.42 Å². The molecule has 0 aromatic carbocycles. The highest BCUT2D eigenvalue weighted by Crippen LogP contribution is 2.23. The molecule has 0 N–H and O–H groups in total. The van der Waals surface area contributed by atoms with E-state index in [-0.39, 0.29) is 11.7 Å². The number of nitrogens with zero attached hydrogens (tertiary/aromatic N) is 5. The Kier molecular flexibility index (Phi) is 4.64. The molecule has 8 nitrogen and oxygen atoms in total. The largest absolute Gasteiger partial charge is 0.383 e. The van der Waals surface area contributed by atoms with Crippen LogP contribution in [0, 0.1) is 0 Å². The average molecular weight is 334 g/mol. The molecule has 0 saturated heterocycles. The second kappa shape index (κ2) is 6.12. The Hall–Kier alpha value is -1.45. The summed E-state index contributed by atoms with van der Waals surface area (Å²) >= 11 is 0. The molecule has 0 atom stereocenters. The molecule has 21 heavy (non-hydrogen) atoms. The topological polar surface area (TPSA) is 91.9 Å². The zero-order chi connectivity index (χ0) is 15.6. The van der Waals surface area contributed by atoms with Crippen molar-refractivity contribution < 1.29 is 13.2 Å². The standard InChI is InChI=1S/C11H16ClN5O3S/c1-4-8-7-9(16(2)15-8)10-13-14-11(21(12,18)19)17(10)5-6-20-3/h7H,4-6H2,1-3H3. The van der Waals surface area contributed by atoms with Crippen LogP contribution in [0.25, 0.3) is 11.5 Å². The third-order valence-electron chi connectivity index (χ3n) is 2.98. The minimum Gasteiger partial charge on any atom is -0.383 e. The number of aryl methyl sites for hydroxylation is 2. The van der Waals surface area contributed by atoms with Crippen molar-refractivity contribution in [1.82, 2.24) is 24.5 Å². The minimum absolute atomic E-state index is 0.271. The van der Waals surface area contributed by atoms with E-state index >= 15 is 0 Å². The number of rotatable bonds is 6. The Labute approximate surface area is 127 Å². The first kappa shape index (κ1) is 15.9. The van der Waals surface area contributed by atoms with Crippen molar-refractivity contribution in [2.75, 3.05) is 13.7 Å². The van der Waals surface area contributed by atoms with Crippen LogP contribution in [0.2, 0.25) is 0 Å². The van der Waals surface area contributed by atoms with E-state index < -0.39 is 9.05 Å². The first-order valence-electron chi connectivity index (χ1n) is 6.28. The normalized spacial score (nSPS) is 12.0. The second-order valence-electron chi connectivity index (χ2n) is 4.39. The summed E-state index contributed by atoms with van der Waals surface area (Å²) in [6.45, 7) is 2.56. The van der Waals surface area contributed by atoms with Gasteiger partial charge in [-0.15, -0.1) is 10.2 Å². The quantitative estimate of drug-likeness (QED) is 0.726. The van der Waals surface area contributed by atoms with Gasteiger partial charge in [0.05, 0.1) is 18.8 Å². The van der Waals surface area contributed by atoms with E-state index in [2.05, 4.69) is 15.3 Å². The molecule has 0 bridgehead atoms. The number of halogens is 1. The van der Waals surface area contributed by atoms with Gasteiger partial charge in [0, 0.05) is 24.8 Å². The molecular weight excluding hydrogens is 318 g/mol. The summed E-state index contributed by atoms with van der Waals surface area (Å²) in [7, 11) is 4.70. The van der Waals surface area contributed by atoms with Gasteiger partial charge < -0.3 is 4.74 Å². The van der Waals surface area contributed by atoms with Crippen molar-refractivity contribution in [3.63, 3.8) is 0 Å². The highest BCUT2D eigenvalue weighted by atomic mass is 35.7. The molecule has 0 aliphatic rings. The molecule has 2 heterocycles. The monoisotopic (exact) mass is 333 g/mol. The van der Waals surface area contributed by atoms with Gasteiger partial charge in [-0.1, -0.05) is 6.92 Å². The summed E-state index contributed by atoms with van der Waals surface area (Å²) in [5.41, 5.74) is 1.55. The maximum atomic E-state index is 11.6. The Bertz CT molecular complexity index is 737. The number of ether oxygens (including phenoxy) is 1. The van der Waals surface area contributed by atoms with E-state index in [0.717, 1.165) is 12.1 Å². The summed E-state index contributed by atoms with van der Waals surface area (Å²) in [5.74, 6) is 0.390. The predicted molar refractivity (Wildman–Crippen MR) is 76.5 cm³/mol. The Morgan fingerprint density at radius 1 is 1.38 bits per heavy atom. The highest BCUT2D eigenvalue weighted by Gasteiger charge is 2.24. The SMILES string of the molecule is CCc1cc(-c2nnc(S(=O)(=O)Cl)n2CCOC)n(C)n1. The lowest BCUT2D eigenvalue weighted by atomic mass is 10.3. The smallest absolute Gasteiger partial charge is 0.296 e. The number of hydrogen-bond acceptors (Lipinski definition) is 6. The van der Waals surface area contributed by atoms with Crippen LogP contribution in [0.4, 0.5) is 0 Å². The van der Waals surface area contributed by atoms with E-state index in [4.69, 9.17) is 15.4 Å². The molecular formula is C11H16ClN5O3S. The molecule has 0 unspecified atom stereocenters. The van der Waals surface area contributed by atoms with Gasteiger partial charge in [0.15, 0.2) is 5.82 Å². The first-order valence-corrected chi connectivity index (χ1v) is 8.59. The van der Waals surface area contributed by atoms with Crippen LogP contribution in [0.1, 0.15) is 12.6 Å². The van der Waals surface area contributed by atoms with E-state index in [1.165, 1.54) is 11.7 Å². The molecule has 2 rings (SSSR count). The summed E-state index contributed by atoms with van der Waals surface area (Å²) < 4.78 is 31.2. The molecule has 10 heteroatoms. The molecule has 0 radical (unpaired) electrons. The summed E-state index contributed by atoms with van der Waals surface area (Å²) in [6, 6.07) is 1.85. The maximum Gasteiger partial charge on any atom is 0.296 e. The zero-order valence-corrected chi connectivity index (χ0v) is 13.5. The predicted octanol–water partition coefficient (Wildman–Crippen LogP) is 0.815. The molecule has 2 aromatic rings. The van der Waals surface area contributed by atoms with Gasteiger partial charge in [-0.2, -0.15) is 5.10 Å². The van der Waals surface area contributed by atoms with E-state index in [0.29, 0.717) is 18.1 Å². The average Bonchev–Trinajstić information content (AvgIpc) is 2.98. The minimum atomic E-state index is -3.99. The lowest BCUT2D eigenvalue weighted by Gasteiger charge is -2.08. The molecule has 0 amide bonds. The van der Waals surface area contributed by atoms with Crippen molar-refractivity contribution >= 4 is 19.7 Å². The Balaban J connectivity index is 2.57. The van der Waals surface area contributed by atoms with Crippen LogP contribution in [-0.4, -0.2) is 46.7 Å². The second-order valence-corrected chi connectivity index (χ2v) is 6.85. The van der Waals surface area contributed by atoms with Gasteiger partial charge >= 0.3 is 0 Å². The maximum absolute atomic E-state index is 11.6. The third-order valence-corrected chi connectivity index (χ3v) is 4.13. The van der Waals surface area contributed by atoms with Gasteiger partial charge in [0.1, 0.15) is 5.69 Å². The van der Waals surface area contributed by atoms with Crippen LogP contribution in [0.5, 0.6) is 0 Å². The van der Waals surface area contributed by atoms with Crippen LogP contribution >= 0.6 is 10.7 Å². The van der Waals surface area contributed by atoms with Crippen molar-refractivity contribution in [2.45, 2.75) is 25.0 Å². The van der Waals surface area contributed by atoms with Crippen LogP contribution in [-0.2, 0) is 33.8 Å². The molecule has 0 aliphatic heterocycles. The van der Waals surface area contributed by atoms with E-state index in [1.54, 1.807) is 11.7 Å². The van der Waals surface area contributed by atoms with E-state index in [9.17, 15) is 8.42 Å². The molecule has 2 aromatic heterocycles. The highest BCUT2D eigenvalue weighted by molar-refractivity contribution is 8.13. The van der Waals surface area contributed by atoms with Crippen molar-refractivity contribution in [1.29, 1.82) is 0 Å². The van der Waals surface area contributed by atoms with Gasteiger partial charge in [0.2, 0.25) is 0 Å². The summed E-state index contributed by atoms with van der Waals surface area (Å²) in [4.78, 5) is 0.